The van der Waals surface area contributed by atoms with Crippen molar-refractivity contribution in [2.75, 3.05) is 57.3 Å². The van der Waals surface area contributed by atoms with Gasteiger partial charge in [0, 0.05) is 55.9 Å². The summed E-state index contributed by atoms with van der Waals surface area (Å²) in [6.07, 6.45) is 5.13. The molecule has 1 N–H and O–H groups in total. The highest BCUT2D eigenvalue weighted by Gasteiger charge is 2.25. The molecule has 2 aliphatic heterocycles. The molecule has 2 fully saturated rings. The van der Waals surface area contributed by atoms with Gasteiger partial charge in [-0.25, -0.2) is 0 Å². The monoisotopic (exact) mass is 582 g/mol. The van der Waals surface area contributed by atoms with Gasteiger partial charge in [-0.15, -0.1) is 0 Å². The molecule has 4 aromatic rings. The van der Waals surface area contributed by atoms with Crippen molar-refractivity contribution in [2.45, 2.75) is 32.2 Å². The van der Waals surface area contributed by atoms with E-state index < -0.39 is 0 Å². The highest BCUT2D eigenvalue weighted by atomic mass is 16.5. The number of hydrogen-bond donors (Lipinski definition) is 1. The zero-order valence-electron chi connectivity index (χ0n) is 24.8. The summed E-state index contributed by atoms with van der Waals surface area (Å²) in [6.45, 7) is 7.87. The van der Waals surface area contributed by atoms with Crippen molar-refractivity contribution in [3.05, 3.63) is 96.2 Å². The topological polar surface area (TPSA) is 78.3 Å². The minimum absolute atomic E-state index is 0.111. The number of piperazine rings is 1. The first-order valence-corrected chi connectivity index (χ1v) is 15.4. The number of hydrogen-bond acceptors (Lipinski definition) is 5. The van der Waals surface area contributed by atoms with Gasteiger partial charge < -0.3 is 29.1 Å². The summed E-state index contributed by atoms with van der Waals surface area (Å²) in [7, 11) is 0. The van der Waals surface area contributed by atoms with Crippen molar-refractivity contribution in [2.24, 2.45) is 0 Å². The molecule has 8 heteroatoms. The van der Waals surface area contributed by atoms with Crippen LogP contribution in [0.4, 0.5) is 5.69 Å². The third kappa shape index (κ3) is 7.96. The zero-order chi connectivity index (χ0) is 29.9. The molecule has 0 spiro atoms. The lowest BCUT2D eigenvalue weighted by Gasteiger charge is -2.36. The van der Waals surface area contributed by atoms with Crippen molar-refractivity contribution >= 4 is 29.0 Å². The van der Waals surface area contributed by atoms with Crippen molar-refractivity contribution in [1.82, 2.24) is 14.4 Å². The first-order valence-electron chi connectivity index (χ1n) is 15.4. The van der Waals surface area contributed by atoms with Crippen LogP contribution < -0.4 is 9.64 Å². The van der Waals surface area contributed by atoms with E-state index >= 15 is 0 Å². The number of amides is 1. The average molecular weight is 583 g/mol. The van der Waals surface area contributed by atoms with E-state index in [2.05, 4.69) is 81.1 Å². The molecule has 2 aliphatic rings. The number of ether oxygens (including phenoxy) is 1. The maximum absolute atomic E-state index is 13.8. The van der Waals surface area contributed by atoms with E-state index in [1.165, 1.54) is 43.6 Å². The van der Waals surface area contributed by atoms with Gasteiger partial charge in [0.15, 0.2) is 0 Å². The number of carbonyl (C=O) groups excluding carboxylic acids is 1. The van der Waals surface area contributed by atoms with Gasteiger partial charge in [0.25, 0.3) is 12.4 Å². The fraction of sp³-hybridized carbons (Fsp3) is 0.371. The maximum Gasteiger partial charge on any atom is 0.290 e. The Hall–Kier alpha value is -4.30. The second kappa shape index (κ2) is 15.3. The van der Waals surface area contributed by atoms with E-state index in [0.717, 1.165) is 55.0 Å². The number of para-hydroxylation sites is 1. The molecule has 0 unspecified atom stereocenters. The maximum atomic E-state index is 13.8. The van der Waals surface area contributed by atoms with Crippen LogP contribution in [-0.2, 0) is 11.3 Å². The third-order valence-electron chi connectivity index (χ3n) is 8.32. The highest BCUT2D eigenvalue weighted by Crippen LogP contribution is 2.25. The fourth-order valence-electron chi connectivity index (χ4n) is 6.07. The zero-order valence-corrected chi connectivity index (χ0v) is 24.8. The molecule has 43 heavy (non-hydrogen) atoms. The van der Waals surface area contributed by atoms with Gasteiger partial charge in [0.2, 0.25) is 0 Å². The molecule has 0 saturated carbocycles. The predicted molar refractivity (Wildman–Crippen MR) is 171 cm³/mol. The molecule has 0 radical (unpaired) electrons. The molecular weight excluding hydrogens is 540 g/mol. The standard InChI is InChI=1S/C34H40N4O2.CH2O2/c39-34(33-26-29-12-5-6-13-32(29)38(33)27-28-10-3-1-4-11-28)37-23-21-36(22-24-37)30-14-16-31(17-15-30)40-25-9-20-35-18-7-2-8-19-35;2-1-3/h1,3-6,10-17,26H,2,7-9,18-25,27H2;1H,(H,2,3). The van der Waals surface area contributed by atoms with Crippen LogP contribution in [-0.4, -0.2) is 84.3 Å². The first-order chi connectivity index (χ1) is 21.2. The van der Waals surface area contributed by atoms with Crippen molar-refractivity contribution < 1.29 is 19.4 Å². The number of aromatic nitrogens is 1. The van der Waals surface area contributed by atoms with Gasteiger partial charge in [-0.1, -0.05) is 55.0 Å². The second-order valence-electron chi connectivity index (χ2n) is 11.1. The fourth-order valence-corrected chi connectivity index (χ4v) is 6.07. The van der Waals surface area contributed by atoms with E-state index in [1.54, 1.807) is 0 Å². The number of rotatable bonds is 9. The first kappa shape index (κ1) is 30.2. The van der Waals surface area contributed by atoms with Gasteiger partial charge in [-0.2, -0.15) is 0 Å². The smallest absolute Gasteiger partial charge is 0.290 e. The SMILES string of the molecule is O=C(c1cc2ccccc2n1Cc1ccccc1)N1CCN(c2ccc(OCCCN3CCCCC3)cc2)CC1.O=CO. The summed E-state index contributed by atoms with van der Waals surface area (Å²) < 4.78 is 8.19. The van der Waals surface area contributed by atoms with Crippen LogP contribution in [0.25, 0.3) is 10.9 Å². The molecule has 0 aliphatic carbocycles. The number of likely N-dealkylation sites (tertiary alicyclic amines) is 1. The van der Waals surface area contributed by atoms with Crippen LogP contribution in [0.15, 0.2) is 84.9 Å². The number of carbonyl (C=O) groups is 2. The summed E-state index contributed by atoms with van der Waals surface area (Å²) in [4.78, 5) is 29.1. The van der Waals surface area contributed by atoms with Gasteiger partial charge in [-0.3, -0.25) is 9.59 Å². The van der Waals surface area contributed by atoms with Crippen LogP contribution >= 0.6 is 0 Å². The van der Waals surface area contributed by atoms with Gasteiger partial charge in [-0.05, 0) is 74.3 Å². The Kier molecular flexibility index (Phi) is 10.7. The molecule has 0 bridgehead atoms. The van der Waals surface area contributed by atoms with E-state index in [1.807, 2.05) is 23.1 Å². The molecule has 0 atom stereocenters. The van der Waals surface area contributed by atoms with E-state index in [9.17, 15) is 4.79 Å². The Labute approximate surface area is 254 Å². The summed E-state index contributed by atoms with van der Waals surface area (Å²) in [5.74, 6) is 1.04. The minimum atomic E-state index is -0.250. The molecule has 1 amide bonds. The Bertz CT molecular complexity index is 1440. The number of benzene rings is 3. The molecule has 1 aromatic heterocycles. The summed E-state index contributed by atoms with van der Waals surface area (Å²) in [6, 6.07) is 29.2. The second-order valence-corrected chi connectivity index (χ2v) is 11.1. The lowest BCUT2D eigenvalue weighted by atomic mass is 10.1. The van der Waals surface area contributed by atoms with Crippen molar-refractivity contribution in [1.29, 1.82) is 0 Å². The van der Waals surface area contributed by atoms with Crippen LogP contribution in [0.1, 0.15) is 41.7 Å². The Morgan fingerprint density at radius 3 is 2.21 bits per heavy atom. The van der Waals surface area contributed by atoms with E-state index in [4.69, 9.17) is 14.6 Å². The Morgan fingerprint density at radius 2 is 1.49 bits per heavy atom. The van der Waals surface area contributed by atoms with E-state index in [-0.39, 0.29) is 12.4 Å². The van der Waals surface area contributed by atoms with E-state index in [0.29, 0.717) is 19.6 Å². The van der Waals surface area contributed by atoms with Crippen molar-refractivity contribution in [3.63, 3.8) is 0 Å². The van der Waals surface area contributed by atoms with Gasteiger partial charge in [0.05, 0.1) is 6.61 Å². The normalized spacial score (nSPS) is 15.5. The largest absolute Gasteiger partial charge is 0.494 e. The predicted octanol–water partition coefficient (Wildman–Crippen LogP) is 5.61. The minimum Gasteiger partial charge on any atom is -0.494 e. The number of fused-ring (bicyclic) bond motifs is 1. The quantitative estimate of drug-likeness (QED) is 0.204. The molecule has 6 rings (SSSR count). The van der Waals surface area contributed by atoms with Crippen LogP contribution in [0.2, 0.25) is 0 Å². The summed E-state index contributed by atoms with van der Waals surface area (Å²) >= 11 is 0. The number of piperidine rings is 1. The Morgan fingerprint density at radius 1 is 0.814 bits per heavy atom. The van der Waals surface area contributed by atoms with Gasteiger partial charge >= 0.3 is 0 Å². The third-order valence-corrected chi connectivity index (χ3v) is 8.32. The van der Waals surface area contributed by atoms with Crippen LogP contribution in [0, 0.1) is 0 Å². The average Bonchev–Trinajstić information content (AvgIpc) is 3.42. The molecule has 3 aromatic carbocycles. The van der Waals surface area contributed by atoms with Gasteiger partial charge in [0.1, 0.15) is 11.4 Å². The summed E-state index contributed by atoms with van der Waals surface area (Å²) in [5.41, 5.74) is 4.24. The number of anilines is 1. The van der Waals surface area contributed by atoms with Crippen molar-refractivity contribution in [3.8, 4) is 5.75 Å². The molecule has 3 heterocycles. The lowest BCUT2D eigenvalue weighted by molar-refractivity contribution is -0.122. The molecule has 8 nitrogen and oxygen atoms in total. The number of carboxylic acid groups (broad SMARTS) is 1. The summed E-state index contributed by atoms with van der Waals surface area (Å²) in [5, 5.41) is 7.99. The molecule has 2 saturated heterocycles. The van der Waals surface area contributed by atoms with Crippen LogP contribution in [0.3, 0.4) is 0 Å². The lowest BCUT2D eigenvalue weighted by Crippen LogP contribution is -2.49. The highest BCUT2D eigenvalue weighted by molar-refractivity contribution is 5.99. The molecule has 226 valence electrons. The van der Waals surface area contributed by atoms with Crippen LogP contribution in [0.5, 0.6) is 5.75 Å². The molecular formula is C35H42N4O4. The Balaban J connectivity index is 0.00000118. The number of nitrogens with zero attached hydrogens (tertiary/aromatic N) is 4.